The number of nitrogens with one attached hydrogen (secondary N) is 1. The summed E-state index contributed by atoms with van der Waals surface area (Å²) >= 11 is 0. The maximum absolute atomic E-state index is 12.3. The van der Waals surface area contributed by atoms with Crippen molar-refractivity contribution in [2.75, 3.05) is 6.61 Å². The highest BCUT2D eigenvalue weighted by molar-refractivity contribution is 5.94. The molecule has 2 atom stereocenters. The number of ether oxygens (including phenoxy) is 1. The summed E-state index contributed by atoms with van der Waals surface area (Å²) in [4.78, 5) is 23.2. The Bertz CT molecular complexity index is 541. The molecule has 0 spiro atoms. The van der Waals surface area contributed by atoms with E-state index in [1.54, 1.807) is 18.2 Å². The first-order chi connectivity index (χ1) is 10.5. The number of rotatable bonds is 6. The molecule has 1 aliphatic rings. The fourth-order valence-electron chi connectivity index (χ4n) is 2.60. The number of hydrogen-bond acceptors (Lipinski definition) is 3. The summed E-state index contributed by atoms with van der Waals surface area (Å²) in [5.41, 5.74) is 0.542. The second-order valence-electron chi connectivity index (χ2n) is 6.25. The minimum absolute atomic E-state index is 0.0613. The molecular weight excluding hydrogens is 282 g/mol. The van der Waals surface area contributed by atoms with Crippen molar-refractivity contribution in [3.63, 3.8) is 0 Å². The van der Waals surface area contributed by atoms with E-state index < -0.39 is 5.97 Å². The molecule has 2 rings (SSSR count). The Morgan fingerprint density at radius 3 is 2.77 bits per heavy atom. The molecule has 5 heteroatoms. The van der Waals surface area contributed by atoms with E-state index in [1.807, 2.05) is 6.07 Å². The van der Waals surface area contributed by atoms with Crippen molar-refractivity contribution < 1.29 is 19.4 Å². The van der Waals surface area contributed by atoms with Gasteiger partial charge >= 0.3 is 5.97 Å². The third-order valence-electron chi connectivity index (χ3n) is 3.80. The summed E-state index contributed by atoms with van der Waals surface area (Å²) < 4.78 is 5.62. The van der Waals surface area contributed by atoms with E-state index in [0.717, 1.165) is 0 Å². The zero-order chi connectivity index (χ0) is 16.1. The number of carboxylic acid groups (broad SMARTS) is 1. The van der Waals surface area contributed by atoms with Crippen LogP contribution >= 0.6 is 0 Å². The van der Waals surface area contributed by atoms with Crippen LogP contribution in [-0.2, 0) is 4.79 Å². The molecule has 1 saturated carbocycles. The molecule has 2 N–H and O–H groups in total. The molecule has 1 aromatic carbocycles. The third kappa shape index (κ3) is 4.48. The third-order valence-corrected chi connectivity index (χ3v) is 3.80. The first-order valence-electron chi connectivity index (χ1n) is 7.72. The van der Waals surface area contributed by atoms with Crippen molar-refractivity contribution in [2.24, 2.45) is 11.8 Å². The number of carboxylic acids is 1. The Morgan fingerprint density at radius 2 is 2.14 bits per heavy atom. The van der Waals surface area contributed by atoms with E-state index in [0.29, 0.717) is 43.1 Å². The first-order valence-corrected chi connectivity index (χ1v) is 7.72. The zero-order valence-corrected chi connectivity index (χ0v) is 13.0. The van der Waals surface area contributed by atoms with Gasteiger partial charge in [-0.05, 0) is 43.4 Å². The average Bonchev–Trinajstić information content (AvgIpc) is 2.94. The second kappa shape index (κ2) is 7.29. The van der Waals surface area contributed by atoms with Crippen LogP contribution in [0.5, 0.6) is 5.75 Å². The predicted octanol–water partition coefficient (Wildman–Crippen LogP) is 2.70. The minimum Gasteiger partial charge on any atom is -0.493 e. The molecule has 0 heterocycles. The Morgan fingerprint density at radius 1 is 1.36 bits per heavy atom. The summed E-state index contributed by atoms with van der Waals surface area (Å²) in [5, 5.41) is 11.9. The van der Waals surface area contributed by atoms with E-state index in [2.05, 4.69) is 19.2 Å². The van der Waals surface area contributed by atoms with Crippen molar-refractivity contribution >= 4 is 11.9 Å². The van der Waals surface area contributed by atoms with Gasteiger partial charge in [0, 0.05) is 11.6 Å². The molecular formula is C17H23NO4. The molecule has 0 saturated heterocycles. The Hall–Kier alpha value is -2.04. The van der Waals surface area contributed by atoms with Crippen LogP contribution in [0.3, 0.4) is 0 Å². The maximum atomic E-state index is 12.3. The van der Waals surface area contributed by atoms with Crippen molar-refractivity contribution in [1.82, 2.24) is 5.32 Å². The quantitative estimate of drug-likeness (QED) is 0.847. The minimum atomic E-state index is -0.777. The lowest BCUT2D eigenvalue weighted by molar-refractivity contribution is -0.141. The zero-order valence-electron chi connectivity index (χ0n) is 13.0. The van der Waals surface area contributed by atoms with E-state index in [1.165, 1.54) is 0 Å². The smallest absolute Gasteiger partial charge is 0.306 e. The average molecular weight is 305 g/mol. The number of hydrogen-bond donors (Lipinski definition) is 2. The van der Waals surface area contributed by atoms with E-state index in [9.17, 15) is 9.59 Å². The molecule has 22 heavy (non-hydrogen) atoms. The van der Waals surface area contributed by atoms with Crippen LogP contribution in [0, 0.1) is 11.8 Å². The van der Waals surface area contributed by atoms with Crippen LogP contribution in [0.15, 0.2) is 24.3 Å². The lowest BCUT2D eigenvalue weighted by atomic mass is 10.1. The van der Waals surface area contributed by atoms with Gasteiger partial charge in [-0.15, -0.1) is 0 Å². The number of amides is 1. The molecule has 0 aromatic heterocycles. The van der Waals surface area contributed by atoms with Crippen molar-refractivity contribution in [2.45, 2.75) is 39.2 Å². The molecule has 1 amide bonds. The molecule has 120 valence electrons. The number of benzene rings is 1. The molecule has 0 aliphatic heterocycles. The molecule has 1 aromatic rings. The number of carbonyl (C=O) groups excluding carboxylic acids is 1. The monoisotopic (exact) mass is 305 g/mol. The van der Waals surface area contributed by atoms with Crippen LogP contribution in [-0.4, -0.2) is 29.6 Å². The van der Waals surface area contributed by atoms with Crippen LogP contribution in [0.1, 0.15) is 43.5 Å². The second-order valence-corrected chi connectivity index (χ2v) is 6.25. The Labute approximate surface area is 130 Å². The van der Waals surface area contributed by atoms with Crippen molar-refractivity contribution in [3.05, 3.63) is 29.8 Å². The molecule has 0 bridgehead atoms. The van der Waals surface area contributed by atoms with Gasteiger partial charge in [0.05, 0.1) is 12.5 Å². The highest BCUT2D eigenvalue weighted by Crippen LogP contribution is 2.26. The van der Waals surface area contributed by atoms with Gasteiger partial charge in [0.1, 0.15) is 5.75 Å². The van der Waals surface area contributed by atoms with Crippen molar-refractivity contribution in [3.8, 4) is 5.75 Å². The van der Waals surface area contributed by atoms with Gasteiger partial charge in [-0.3, -0.25) is 9.59 Å². The Balaban J connectivity index is 1.92. The Kier molecular flexibility index (Phi) is 5.41. The van der Waals surface area contributed by atoms with E-state index in [-0.39, 0.29) is 17.9 Å². The predicted molar refractivity (Wildman–Crippen MR) is 83.0 cm³/mol. The lowest BCUT2D eigenvalue weighted by Crippen LogP contribution is -2.33. The number of aliphatic carboxylic acids is 1. The summed E-state index contributed by atoms with van der Waals surface area (Å²) in [6.07, 6.45) is 1.84. The van der Waals surface area contributed by atoms with Crippen LogP contribution in [0.2, 0.25) is 0 Å². The van der Waals surface area contributed by atoms with Crippen LogP contribution in [0.4, 0.5) is 0 Å². The van der Waals surface area contributed by atoms with E-state index in [4.69, 9.17) is 9.84 Å². The topological polar surface area (TPSA) is 75.6 Å². The highest BCUT2D eigenvalue weighted by atomic mass is 16.5. The standard InChI is InChI=1S/C17H23NO4/c1-11(2)10-22-15-5-3-4-12(9-15)16(19)18-14-7-6-13(8-14)17(20)21/h3-5,9,11,13-14H,6-8,10H2,1-2H3,(H,18,19)(H,20,21)/t13-,14+/m0/s1. The van der Waals surface area contributed by atoms with Crippen LogP contribution < -0.4 is 10.1 Å². The largest absolute Gasteiger partial charge is 0.493 e. The van der Waals surface area contributed by atoms with Gasteiger partial charge in [-0.1, -0.05) is 19.9 Å². The summed E-state index contributed by atoms with van der Waals surface area (Å²) in [6.45, 7) is 4.74. The van der Waals surface area contributed by atoms with Gasteiger partial charge in [-0.25, -0.2) is 0 Å². The molecule has 1 aliphatic carbocycles. The summed E-state index contributed by atoms with van der Waals surface area (Å²) in [7, 11) is 0. The first kappa shape index (κ1) is 16.3. The van der Waals surface area contributed by atoms with Gasteiger partial charge in [0.25, 0.3) is 5.91 Å². The maximum Gasteiger partial charge on any atom is 0.306 e. The van der Waals surface area contributed by atoms with Gasteiger partial charge in [0.15, 0.2) is 0 Å². The van der Waals surface area contributed by atoms with Gasteiger partial charge < -0.3 is 15.2 Å². The molecule has 0 radical (unpaired) electrons. The SMILES string of the molecule is CC(C)COc1cccc(C(=O)N[C@@H]2CC[C@H](C(=O)O)C2)c1. The fourth-order valence-corrected chi connectivity index (χ4v) is 2.60. The lowest BCUT2D eigenvalue weighted by Gasteiger charge is -2.13. The summed E-state index contributed by atoms with van der Waals surface area (Å²) in [6, 6.07) is 7.02. The molecule has 1 fully saturated rings. The van der Waals surface area contributed by atoms with E-state index >= 15 is 0 Å². The van der Waals surface area contributed by atoms with Crippen molar-refractivity contribution in [1.29, 1.82) is 0 Å². The van der Waals surface area contributed by atoms with Gasteiger partial charge in [-0.2, -0.15) is 0 Å². The van der Waals surface area contributed by atoms with Crippen LogP contribution in [0.25, 0.3) is 0 Å². The number of carbonyl (C=O) groups is 2. The van der Waals surface area contributed by atoms with Gasteiger partial charge in [0.2, 0.25) is 0 Å². The summed E-state index contributed by atoms with van der Waals surface area (Å²) in [5.74, 6) is -0.196. The normalized spacial score (nSPS) is 20.9. The highest BCUT2D eigenvalue weighted by Gasteiger charge is 2.30. The molecule has 5 nitrogen and oxygen atoms in total. The fraction of sp³-hybridized carbons (Fsp3) is 0.529. The molecule has 0 unspecified atom stereocenters.